The molecule has 2 N–H and O–H groups in total. The molecule has 5 heteroatoms. The van der Waals surface area contributed by atoms with Gasteiger partial charge in [0.15, 0.2) is 5.76 Å². The van der Waals surface area contributed by atoms with Gasteiger partial charge in [-0.2, -0.15) is 0 Å². The first kappa shape index (κ1) is 12.4. The molecule has 1 amide bonds. The topological polar surface area (TPSA) is 62.5 Å². The lowest BCUT2D eigenvalue weighted by atomic mass is 10.4. The van der Waals surface area contributed by atoms with Crippen molar-refractivity contribution in [1.29, 1.82) is 0 Å². The zero-order valence-corrected chi connectivity index (χ0v) is 10.6. The number of hydrogen-bond donors (Lipinski definition) is 2. The van der Waals surface area contributed by atoms with Crippen LogP contribution in [0.25, 0.3) is 0 Å². The summed E-state index contributed by atoms with van der Waals surface area (Å²) in [7, 11) is -1.40. The Morgan fingerprint density at radius 1 is 1.50 bits per heavy atom. The van der Waals surface area contributed by atoms with Gasteiger partial charge in [0.1, 0.15) is 13.8 Å². The molecule has 86 valence electrons. The molecule has 0 bridgehead atoms. The number of hydrogen-bond acceptors (Lipinski definition) is 2. The number of nitrogens with one attached hydrogen (secondary N) is 1. The van der Waals surface area contributed by atoms with Gasteiger partial charge < -0.3 is 14.8 Å². The van der Waals surface area contributed by atoms with E-state index in [0.29, 0.717) is 11.5 Å². The van der Waals surface area contributed by atoms with Crippen molar-refractivity contribution in [3.8, 4) is 11.5 Å². The second kappa shape index (κ2) is 4.90. The van der Waals surface area contributed by atoms with Crippen molar-refractivity contribution in [2.24, 2.45) is 0 Å². The summed E-state index contributed by atoms with van der Waals surface area (Å²) in [6.45, 7) is 6.62. The predicted octanol–water partition coefficient (Wildman–Crippen LogP) is 2.28. The monoisotopic (exact) mass is 237 g/mol. The normalized spacial score (nSPS) is 10.4. The molecule has 1 rings (SSSR count). The number of rotatable bonds is 2. The highest BCUT2D eigenvalue weighted by molar-refractivity contribution is 6.83. The number of carbonyl (C=O) groups is 1. The van der Waals surface area contributed by atoms with Crippen LogP contribution in [0.4, 0.5) is 4.79 Å². The Hall–Kier alpha value is -1.67. The average molecular weight is 237 g/mol. The van der Waals surface area contributed by atoms with Crippen LogP contribution in [0.15, 0.2) is 16.5 Å². The van der Waals surface area contributed by atoms with E-state index in [1.165, 1.54) is 0 Å². The van der Waals surface area contributed by atoms with Crippen LogP contribution in [-0.2, 0) is 6.54 Å². The summed E-state index contributed by atoms with van der Waals surface area (Å²) in [5.41, 5.74) is 3.17. The molecule has 0 radical (unpaired) electrons. The molecule has 0 atom stereocenters. The highest BCUT2D eigenvalue weighted by atomic mass is 28.3. The van der Waals surface area contributed by atoms with E-state index in [0.717, 1.165) is 0 Å². The summed E-state index contributed by atoms with van der Waals surface area (Å²) in [6, 6.07) is 3.48. The molecule has 0 saturated heterocycles. The first-order valence-corrected chi connectivity index (χ1v) is 8.45. The largest absolute Gasteiger partial charge is 0.465 e. The first-order chi connectivity index (χ1) is 7.37. The molecular weight excluding hydrogens is 222 g/mol. The Bertz CT molecular complexity index is 434. The van der Waals surface area contributed by atoms with Gasteiger partial charge in [0.05, 0.1) is 6.54 Å². The molecule has 4 nitrogen and oxygen atoms in total. The summed E-state index contributed by atoms with van der Waals surface area (Å²) in [6.07, 6.45) is -1.06. The second-order valence-electron chi connectivity index (χ2n) is 4.42. The van der Waals surface area contributed by atoms with Crippen LogP contribution in [0.2, 0.25) is 19.6 Å². The molecule has 0 unspecified atom stereocenters. The maximum atomic E-state index is 10.3. The third-order valence-electron chi connectivity index (χ3n) is 1.64. The van der Waals surface area contributed by atoms with Gasteiger partial charge in [0, 0.05) is 0 Å². The zero-order valence-electron chi connectivity index (χ0n) is 9.63. The zero-order chi connectivity index (χ0) is 12.2. The first-order valence-electron chi connectivity index (χ1n) is 4.95. The fourth-order valence-corrected chi connectivity index (χ4v) is 1.45. The van der Waals surface area contributed by atoms with Crippen LogP contribution in [0, 0.1) is 11.5 Å². The van der Waals surface area contributed by atoms with E-state index in [9.17, 15) is 4.79 Å². The highest BCUT2D eigenvalue weighted by Gasteiger charge is 2.08. The Kier molecular flexibility index (Phi) is 3.80. The van der Waals surface area contributed by atoms with E-state index in [1.54, 1.807) is 12.1 Å². The quantitative estimate of drug-likeness (QED) is 0.612. The van der Waals surface area contributed by atoms with Crippen LogP contribution in [0.1, 0.15) is 11.5 Å². The minimum Gasteiger partial charge on any atom is -0.465 e. The lowest BCUT2D eigenvalue weighted by Gasteiger charge is -2.02. The maximum Gasteiger partial charge on any atom is 0.405 e. The van der Waals surface area contributed by atoms with Crippen LogP contribution in [0.5, 0.6) is 0 Å². The van der Waals surface area contributed by atoms with Gasteiger partial charge >= 0.3 is 6.09 Å². The Morgan fingerprint density at radius 3 is 2.75 bits per heavy atom. The lowest BCUT2D eigenvalue weighted by molar-refractivity contribution is 0.193. The van der Waals surface area contributed by atoms with Crippen molar-refractivity contribution in [2.45, 2.75) is 26.2 Å². The van der Waals surface area contributed by atoms with Crippen molar-refractivity contribution < 1.29 is 14.3 Å². The summed E-state index contributed by atoms with van der Waals surface area (Å²) < 4.78 is 5.35. The fourth-order valence-electron chi connectivity index (χ4n) is 0.952. The van der Waals surface area contributed by atoms with Gasteiger partial charge in [0.2, 0.25) is 0 Å². The predicted molar refractivity (Wildman–Crippen MR) is 63.8 cm³/mol. The van der Waals surface area contributed by atoms with E-state index in [1.807, 2.05) is 0 Å². The van der Waals surface area contributed by atoms with E-state index in [2.05, 4.69) is 36.4 Å². The van der Waals surface area contributed by atoms with Gasteiger partial charge in [-0.05, 0) is 18.1 Å². The molecule has 1 aromatic heterocycles. The molecule has 0 saturated carbocycles. The highest BCUT2D eigenvalue weighted by Crippen LogP contribution is 2.07. The molecule has 1 heterocycles. The Labute approximate surface area is 95.7 Å². The van der Waals surface area contributed by atoms with Gasteiger partial charge in [0.25, 0.3) is 0 Å². The summed E-state index contributed by atoms with van der Waals surface area (Å²) >= 11 is 0. The molecule has 0 aliphatic carbocycles. The third-order valence-corrected chi connectivity index (χ3v) is 2.51. The number of furan rings is 1. The molecule has 0 spiro atoms. The molecular formula is C11H15NO3Si. The van der Waals surface area contributed by atoms with Crippen LogP contribution in [-0.4, -0.2) is 19.3 Å². The molecule has 0 aliphatic heterocycles. The molecule has 16 heavy (non-hydrogen) atoms. The SMILES string of the molecule is C[Si](C)(C)C#Cc1ccc(CNC(=O)O)o1. The summed E-state index contributed by atoms with van der Waals surface area (Å²) in [5, 5.41) is 10.6. The van der Waals surface area contributed by atoms with Crippen LogP contribution >= 0.6 is 0 Å². The van der Waals surface area contributed by atoms with E-state index < -0.39 is 14.2 Å². The van der Waals surface area contributed by atoms with E-state index in [-0.39, 0.29) is 6.54 Å². The Morgan fingerprint density at radius 2 is 2.19 bits per heavy atom. The smallest absolute Gasteiger partial charge is 0.405 e. The lowest BCUT2D eigenvalue weighted by Crippen LogP contribution is -2.19. The van der Waals surface area contributed by atoms with Crippen molar-refractivity contribution in [3.05, 3.63) is 23.7 Å². The van der Waals surface area contributed by atoms with Gasteiger partial charge in [-0.15, -0.1) is 5.54 Å². The summed E-state index contributed by atoms with van der Waals surface area (Å²) in [5.74, 6) is 4.12. The third kappa shape index (κ3) is 4.71. The van der Waals surface area contributed by atoms with E-state index in [4.69, 9.17) is 9.52 Å². The van der Waals surface area contributed by atoms with Gasteiger partial charge in [-0.25, -0.2) is 4.79 Å². The maximum absolute atomic E-state index is 10.3. The van der Waals surface area contributed by atoms with Gasteiger partial charge in [-0.1, -0.05) is 19.6 Å². The Balaban J connectivity index is 2.64. The van der Waals surface area contributed by atoms with Crippen molar-refractivity contribution in [2.75, 3.05) is 0 Å². The fraction of sp³-hybridized carbons (Fsp3) is 0.364. The molecule has 0 fully saturated rings. The second-order valence-corrected chi connectivity index (χ2v) is 9.17. The molecule has 0 aliphatic rings. The minimum absolute atomic E-state index is 0.171. The minimum atomic E-state index is -1.40. The van der Waals surface area contributed by atoms with Crippen molar-refractivity contribution >= 4 is 14.2 Å². The average Bonchev–Trinajstić information content (AvgIpc) is 2.58. The number of amides is 1. The van der Waals surface area contributed by atoms with Crippen LogP contribution < -0.4 is 5.32 Å². The van der Waals surface area contributed by atoms with Crippen LogP contribution in [0.3, 0.4) is 0 Å². The van der Waals surface area contributed by atoms with E-state index >= 15 is 0 Å². The molecule has 1 aromatic rings. The standard InChI is InChI=1S/C11H15NO3Si/c1-16(2,3)7-6-9-4-5-10(15-9)8-12-11(13)14/h4-5,12H,8H2,1-3H3,(H,13,14). The number of carboxylic acid groups (broad SMARTS) is 1. The van der Waals surface area contributed by atoms with Gasteiger partial charge in [-0.3, -0.25) is 0 Å². The molecule has 0 aromatic carbocycles. The van der Waals surface area contributed by atoms with Crippen molar-refractivity contribution in [1.82, 2.24) is 5.32 Å². The summed E-state index contributed by atoms with van der Waals surface area (Å²) in [4.78, 5) is 10.3. The van der Waals surface area contributed by atoms with Crippen molar-refractivity contribution in [3.63, 3.8) is 0 Å².